The molecule has 0 bridgehead atoms. The molecule has 0 aliphatic rings. The summed E-state index contributed by atoms with van der Waals surface area (Å²) < 4.78 is 22.3. The number of carbonyl (C=O) groups is 2. The van der Waals surface area contributed by atoms with E-state index in [4.69, 9.17) is 42.1 Å². The second-order valence-corrected chi connectivity index (χ2v) is 7.71. The van der Waals surface area contributed by atoms with Gasteiger partial charge in [0, 0.05) is 0 Å². The summed E-state index contributed by atoms with van der Waals surface area (Å²) in [4.78, 5) is 25.2. The number of benzene rings is 2. The fourth-order valence-corrected chi connectivity index (χ4v) is 3.45. The van der Waals surface area contributed by atoms with Crippen LogP contribution in [0.5, 0.6) is 23.0 Å². The summed E-state index contributed by atoms with van der Waals surface area (Å²) >= 11 is 12.7. The van der Waals surface area contributed by atoms with Crippen LogP contribution in [0, 0.1) is 0 Å². The molecule has 9 nitrogen and oxygen atoms in total. The zero-order valence-corrected chi connectivity index (χ0v) is 21.8. The highest BCUT2D eigenvalue weighted by molar-refractivity contribution is 6.35. The van der Waals surface area contributed by atoms with Crippen LogP contribution < -0.4 is 24.3 Å². The van der Waals surface area contributed by atoms with Crippen molar-refractivity contribution in [3.05, 3.63) is 34.3 Å². The fourth-order valence-electron chi connectivity index (χ4n) is 2.99. The van der Waals surface area contributed by atoms with E-state index in [-0.39, 0.29) is 22.1 Å². The Bertz CT molecular complexity index is 1080. The van der Waals surface area contributed by atoms with E-state index < -0.39 is 17.7 Å². The van der Waals surface area contributed by atoms with Crippen LogP contribution in [0.3, 0.4) is 0 Å². The van der Waals surface area contributed by atoms with Gasteiger partial charge < -0.3 is 24.3 Å². The maximum Gasteiger partial charge on any atom is 0.258 e. The predicted molar refractivity (Wildman–Crippen MR) is 135 cm³/mol. The highest BCUT2D eigenvalue weighted by Crippen LogP contribution is 2.43. The Morgan fingerprint density at radius 1 is 0.857 bits per heavy atom. The SMILES string of the molecule is CCOc1ccc(NC(=O)C(N=Nc2ccc(Cl)c(OCC)c2OCC)C(C)=O)c(Cl)c1OCC. The molecule has 0 saturated heterocycles. The van der Waals surface area contributed by atoms with Crippen molar-refractivity contribution in [1.82, 2.24) is 0 Å². The van der Waals surface area contributed by atoms with Crippen molar-refractivity contribution in [3.8, 4) is 23.0 Å². The number of anilines is 1. The third-order valence-corrected chi connectivity index (χ3v) is 5.12. The van der Waals surface area contributed by atoms with Crippen LogP contribution in [0.4, 0.5) is 11.4 Å². The summed E-state index contributed by atoms with van der Waals surface area (Å²) in [5.74, 6) is 0.0735. The van der Waals surface area contributed by atoms with E-state index in [0.717, 1.165) is 0 Å². The van der Waals surface area contributed by atoms with E-state index in [0.29, 0.717) is 48.7 Å². The lowest BCUT2D eigenvalue weighted by molar-refractivity contribution is -0.126. The number of hydrogen-bond donors (Lipinski definition) is 1. The number of amides is 1. The van der Waals surface area contributed by atoms with Crippen molar-refractivity contribution < 1.29 is 28.5 Å². The smallest absolute Gasteiger partial charge is 0.258 e. The molecule has 0 heterocycles. The molecule has 35 heavy (non-hydrogen) atoms. The molecule has 0 saturated carbocycles. The monoisotopic (exact) mass is 525 g/mol. The second kappa shape index (κ2) is 13.7. The van der Waals surface area contributed by atoms with Crippen molar-refractivity contribution in [2.75, 3.05) is 31.7 Å². The van der Waals surface area contributed by atoms with Crippen LogP contribution >= 0.6 is 23.2 Å². The lowest BCUT2D eigenvalue weighted by Crippen LogP contribution is -2.32. The van der Waals surface area contributed by atoms with Gasteiger partial charge in [0.2, 0.25) is 6.04 Å². The minimum atomic E-state index is -1.44. The van der Waals surface area contributed by atoms with E-state index in [1.54, 1.807) is 45.0 Å². The highest BCUT2D eigenvalue weighted by atomic mass is 35.5. The largest absolute Gasteiger partial charge is 0.490 e. The quantitative estimate of drug-likeness (QED) is 0.244. The summed E-state index contributed by atoms with van der Waals surface area (Å²) in [6.45, 7) is 9.89. The van der Waals surface area contributed by atoms with Gasteiger partial charge in [-0.3, -0.25) is 9.59 Å². The molecule has 2 aromatic rings. The van der Waals surface area contributed by atoms with Gasteiger partial charge in [0.05, 0.1) is 37.1 Å². The summed E-state index contributed by atoms with van der Waals surface area (Å²) in [7, 11) is 0. The maximum atomic E-state index is 12.9. The molecule has 190 valence electrons. The van der Waals surface area contributed by atoms with Gasteiger partial charge in [-0.25, -0.2) is 0 Å². The lowest BCUT2D eigenvalue weighted by Gasteiger charge is -2.16. The average molecular weight is 526 g/mol. The summed E-state index contributed by atoms with van der Waals surface area (Å²) in [5, 5.41) is 11.2. The molecule has 1 atom stereocenters. The first-order chi connectivity index (χ1) is 16.8. The first-order valence-electron chi connectivity index (χ1n) is 11.2. The molecule has 0 radical (unpaired) electrons. The Kier molecular flexibility index (Phi) is 11.1. The summed E-state index contributed by atoms with van der Waals surface area (Å²) in [5.41, 5.74) is 0.502. The van der Waals surface area contributed by atoms with E-state index in [1.807, 2.05) is 6.92 Å². The first-order valence-corrected chi connectivity index (χ1v) is 11.9. The number of hydrogen-bond acceptors (Lipinski definition) is 8. The molecule has 0 aliphatic carbocycles. The Morgan fingerprint density at radius 2 is 1.46 bits per heavy atom. The molecular formula is C24H29Cl2N3O6. The first kappa shape index (κ1) is 28.2. The van der Waals surface area contributed by atoms with E-state index in [1.165, 1.54) is 6.92 Å². The number of halogens is 2. The molecule has 2 rings (SSSR count). The second-order valence-electron chi connectivity index (χ2n) is 6.93. The normalized spacial score (nSPS) is 11.7. The lowest BCUT2D eigenvalue weighted by atomic mass is 10.2. The molecule has 11 heteroatoms. The van der Waals surface area contributed by atoms with Gasteiger partial charge >= 0.3 is 0 Å². The maximum absolute atomic E-state index is 12.9. The average Bonchev–Trinajstić information content (AvgIpc) is 2.81. The molecule has 1 unspecified atom stereocenters. The molecule has 2 aromatic carbocycles. The Hall–Kier alpha value is -3.04. The topological polar surface area (TPSA) is 108 Å². The number of nitrogens with zero attached hydrogens (tertiary/aromatic N) is 2. The number of ketones is 1. The number of Topliss-reactive ketones (excluding diaryl/α,β-unsaturated/α-hetero) is 1. The number of nitrogens with one attached hydrogen (secondary N) is 1. The van der Waals surface area contributed by atoms with Crippen LogP contribution in [0.25, 0.3) is 0 Å². The molecule has 0 aliphatic heterocycles. The number of ether oxygens (including phenoxy) is 4. The third-order valence-electron chi connectivity index (χ3n) is 4.44. The molecule has 1 amide bonds. The van der Waals surface area contributed by atoms with Gasteiger partial charge in [0.25, 0.3) is 5.91 Å². The van der Waals surface area contributed by atoms with Crippen molar-refractivity contribution in [2.24, 2.45) is 10.2 Å². The molecule has 0 aromatic heterocycles. The van der Waals surface area contributed by atoms with Gasteiger partial charge in [0.15, 0.2) is 28.8 Å². The van der Waals surface area contributed by atoms with Gasteiger partial charge in [-0.2, -0.15) is 10.2 Å². The zero-order valence-electron chi connectivity index (χ0n) is 20.3. The minimum absolute atomic E-state index is 0.142. The predicted octanol–water partition coefficient (Wildman–Crippen LogP) is 6.27. The fraction of sp³-hybridized carbons (Fsp3) is 0.417. The molecule has 1 N–H and O–H groups in total. The number of azo groups is 1. The van der Waals surface area contributed by atoms with Gasteiger partial charge in [0.1, 0.15) is 10.7 Å². The zero-order chi connectivity index (χ0) is 26.0. The van der Waals surface area contributed by atoms with Crippen LogP contribution in [0.1, 0.15) is 34.6 Å². The molecular weight excluding hydrogens is 497 g/mol. The number of carbonyl (C=O) groups excluding carboxylic acids is 2. The van der Waals surface area contributed by atoms with Gasteiger partial charge in [-0.1, -0.05) is 23.2 Å². The van der Waals surface area contributed by atoms with Crippen LogP contribution in [0.2, 0.25) is 10.0 Å². The Morgan fingerprint density at radius 3 is 2.06 bits per heavy atom. The molecule has 0 spiro atoms. The van der Waals surface area contributed by atoms with Gasteiger partial charge in [-0.15, -0.1) is 0 Å². The van der Waals surface area contributed by atoms with E-state index in [2.05, 4.69) is 15.5 Å². The Labute approximate surface area is 214 Å². The van der Waals surface area contributed by atoms with Crippen LogP contribution in [-0.2, 0) is 9.59 Å². The van der Waals surface area contributed by atoms with Crippen molar-refractivity contribution >= 4 is 46.3 Å². The van der Waals surface area contributed by atoms with Crippen LogP contribution in [-0.4, -0.2) is 44.2 Å². The highest BCUT2D eigenvalue weighted by Gasteiger charge is 2.26. The Balaban J connectivity index is 2.36. The van der Waals surface area contributed by atoms with E-state index >= 15 is 0 Å². The van der Waals surface area contributed by atoms with Crippen LogP contribution in [0.15, 0.2) is 34.5 Å². The van der Waals surface area contributed by atoms with Crippen molar-refractivity contribution in [2.45, 2.75) is 40.7 Å². The van der Waals surface area contributed by atoms with Crippen molar-refractivity contribution in [1.29, 1.82) is 0 Å². The van der Waals surface area contributed by atoms with Crippen molar-refractivity contribution in [3.63, 3.8) is 0 Å². The van der Waals surface area contributed by atoms with E-state index in [9.17, 15) is 9.59 Å². The standard InChI is InChI=1S/C24H29Cl2N3O6/c1-6-32-18-13-12-16(19(26)23(18)35-9-4)27-24(31)20(14(5)30)29-28-17-11-10-15(25)21(33-7-2)22(17)34-8-3/h10-13,20H,6-9H2,1-5H3,(H,27,31). The minimum Gasteiger partial charge on any atom is -0.490 e. The summed E-state index contributed by atoms with van der Waals surface area (Å²) in [6, 6.07) is 4.88. The third kappa shape index (κ3) is 7.22. The van der Waals surface area contributed by atoms with Gasteiger partial charge in [-0.05, 0) is 58.9 Å². The summed E-state index contributed by atoms with van der Waals surface area (Å²) in [6.07, 6.45) is 0. The molecule has 0 fully saturated rings. The number of rotatable bonds is 13.